The Morgan fingerprint density at radius 1 is 1.12 bits per heavy atom. The van der Waals surface area contributed by atoms with Crippen molar-refractivity contribution in [2.24, 2.45) is 0 Å². The van der Waals surface area contributed by atoms with Gasteiger partial charge < -0.3 is 5.32 Å². The lowest BCUT2D eigenvalue weighted by Gasteiger charge is -2.31. The van der Waals surface area contributed by atoms with Crippen molar-refractivity contribution in [2.75, 3.05) is 0 Å². The van der Waals surface area contributed by atoms with Gasteiger partial charge in [-0.3, -0.25) is 14.6 Å². The number of hydrogen-bond donors (Lipinski definition) is 1. The van der Waals surface area contributed by atoms with Crippen molar-refractivity contribution >= 4 is 11.6 Å². The largest absolute Gasteiger partial charge is 0.300 e. The second kappa shape index (κ2) is 7.56. The van der Waals surface area contributed by atoms with Gasteiger partial charge in [0.05, 0.1) is 40.7 Å². The van der Waals surface area contributed by atoms with Gasteiger partial charge in [0.2, 0.25) is 0 Å². The van der Waals surface area contributed by atoms with Crippen LogP contribution in [-0.4, -0.2) is 19.7 Å². The maximum absolute atomic E-state index is 6.34. The molecule has 1 N–H and O–H groups in total. The summed E-state index contributed by atoms with van der Waals surface area (Å²) < 4.78 is 1.97. The summed E-state index contributed by atoms with van der Waals surface area (Å²) in [6.45, 7) is 2.75. The van der Waals surface area contributed by atoms with Gasteiger partial charge >= 0.3 is 0 Å². The van der Waals surface area contributed by atoms with Gasteiger partial charge in [-0.25, -0.2) is 0 Å². The molecule has 1 aliphatic rings. The molecule has 0 amide bonds. The molecule has 4 rings (SSSR count). The second-order valence-electron chi connectivity index (χ2n) is 6.76. The summed E-state index contributed by atoms with van der Waals surface area (Å²) in [7, 11) is 0. The van der Waals surface area contributed by atoms with Crippen LogP contribution in [0.3, 0.4) is 0 Å². The summed E-state index contributed by atoms with van der Waals surface area (Å²) in [5.74, 6) is 0. The van der Waals surface area contributed by atoms with Gasteiger partial charge in [-0.2, -0.15) is 5.10 Å². The Bertz CT molecular complexity index is 891. The molecule has 1 saturated heterocycles. The summed E-state index contributed by atoms with van der Waals surface area (Å²) in [5.41, 5.74) is 4.16. The fraction of sp³-hybridized carbons (Fsp3) is 0.350. The number of rotatable bonds is 4. The SMILES string of the molecule is Cc1ccnn1Cc1cccc([C@H]2CCC[C@@H](c3ncccc3Cl)N2)n1. The van der Waals surface area contributed by atoms with E-state index in [9.17, 15) is 0 Å². The fourth-order valence-electron chi connectivity index (χ4n) is 3.54. The molecule has 0 aliphatic carbocycles. The van der Waals surface area contributed by atoms with Crippen molar-refractivity contribution in [1.82, 2.24) is 25.1 Å². The molecule has 6 heteroatoms. The minimum absolute atomic E-state index is 0.168. The molecule has 26 heavy (non-hydrogen) atoms. The Labute approximate surface area is 158 Å². The summed E-state index contributed by atoms with van der Waals surface area (Å²) in [6, 6.07) is 12.4. The lowest BCUT2D eigenvalue weighted by Crippen LogP contribution is -2.32. The summed E-state index contributed by atoms with van der Waals surface area (Å²) in [4.78, 5) is 9.37. The first-order valence-electron chi connectivity index (χ1n) is 9.01. The Hall–Kier alpha value is -2.24. The number of aromatic nitrogens is 4. The van der Waals surface area contributed by atoms with E-state index in [1.807, 2.05) is 29.1 Å². The molecule has 134 valence electrons. The van der Waals surface area contributed by atoms with Crippen LogP contribution < -0.4 is 5.32 Å². The number of piperidine rings is 1. The van der Waals surface area contributed by atoms with Crippen LogP contribution >= 0.6 is 11.6 Å². The number of aryl methyl sites for hydroxylation is 1. The molecule has 0 aromatic carbocycles. The Morgan fingerprint density at radius 2 is 2.00 bits per heavy atom. The number of pyridine rings is 2. The standard InChI is InChI=1S/C20H22ClN5/c1-14-10-12-23-26(14)13-15-5-2-7-17(24-15)18-8-3-9-19(25-18)20-16(21)6-4-11-22-20/h2,4-7,10-12,18-19,25H,3,8-9,13H2,1H3/t18-,19+/m1/s1. The average molecular weight is 368 g/mol. The van der Waals surface area contributed by atoms with Crippen molar-refractivity contribution in [3.8, 4) is 0 Å². The van der Waals surface area contributed by atoms with E-state index in [0.717, 1.165) is 47.1 Å². The zero-order chi connectivity index (χ0) is 17.9. The quantitative estimate of drug-likeness (QED) is 0.749. The highest BCUT2D eigenvalue weighted by atomic mass is 35.5. The minimum atomic E-state index is 0.168. The van der Waals surface area contributed by atoms with Crippen LogP contribution in [0.25, 0.3) is 0 Å². The molecule has 0 radical (unpaired) electrons. The monoisotopic (exact) mass is 367 g/mol. The molecule has 3 aromatic heterocycles. The van der Waals surface area contributed by atoms with E-state index in [4.69, 9.17) is 16.6 Å². The first kappa shape index (κ1) is 17.2. The van der Waals surface area contributed by atoms with Crippen LogP contribution in [0.15, 0.2) is 48.8 Å². The van der Waals surface area contributed by atoms with Gasteiger partial charge in [0.15, 0.2) is 0 Å². The van der Waals surface area contributed by atoms with Gasteiger partial charge in [0.25, 0.3) is 0 Å². The summed E-state index contributed by atoms with van der Waals surface area (Å²) in [5, 5.41) is 8.77. The topological polar surface area (TPSA) is 55.6 Å². The Morgan fingerprint density at radius 3 is 2.81 bits per heavy atom. The van der Waals surface area contributed by atoms with Crippen molar-refractivity contribution in [3.05, 3.63) is 76.6 Å². The van der Waals surface area contributed by atoms with Crippen molar-refractivity contribution in [2.45, 2.75) is 44.8 Å². The molecule has 0 saturated carbocycles. The van der Waals surface area contributed by atoms with Crippen LogP contribution in [0.2, 0.25) is 5.02 Å². The van der Waals surface area contributed by atoms with E-state index >= 15 is 0 Å². The van der Waals surface area contributed by atoms with Gasteiger partial charge in [-0.1, -0.05) is 17.7 Å². The van der Waals surface area contributed by atoms with Gasteiger partial charge in [-0.15, -0.1) is 0 Å². The van der Waals surface area contributed by atoms with Crippen LogP contribution in [0.1, 0.15) is 54.1 Å². The van der Waals surface area contributed by atoms with Gasteiger partial charge in [0.1, 0.15) is 0 Å². The lowest BCUT2D eigenvalue weighted by molar-refractivity contribution is 0.321. The zero-order valence-corrected chi connectivity index (χ0v) is 15.5. The maximum Gasteiger partial charge on any atom is 0.0834 e. The van der Waals surface area contributed by atoms with E-state index in [0.29, 0.717) is 6.54 Å². The van der Waals surface area contributed by atoms with Crippen LogP contribution in [-0.2, 0) is 6.54 Å². The zero-order valence-electron chi connectivity index (χ0n) is 14.8. The normalized spacial score (nSPS) is 20.2. The van der Waals surface area contributed by atoms with Crippen LogP contribution in [0.4, 0.5) is 0 Å². The number of halogens is 1. The predicted molar refractivity (Wildman–Crippen MR) is 102 cm³/mol. The van der Waals surface area contributed by atoms with Gasteiger partial charge in [0, 0.05) is 18.1 Å². The Kier molecular flexibility index (Phi) is 5.00. The smallest absolute Gasteiger partial charge is 0.0834 e. The van der Waals surface area contributed by atoms with Gasteiger partial charge in [-0.05, 0) is 56.5 Å². The second-order valence-corrected chi connectivity index (χ2v) is 7.16. The highest BCUT2D eigenvalue weighted by Gasteiger charge is 2.26. The third-order valence-corrected chi connectivity index (χ3v) is 5.25. The summed E-state index contributed by atoms with van der Waals surface area (Å²) in [6.07, 6.45) is 6.86. The van der Waals surface area contributed by atoms with Crippen molar-refractivity contribution in [3.63, 3.8) is 0 Å². The predicted octanol–water partition coefficient (Wildman–Crippen LogP) is 4.24. The molecule has 3 aromatic rings. The van der Waals surface area contributed by atoms with Crippen molar-refractivity contribution in [1.29, 1.82) is 0 Å². The number of nitrogens with one attached hydrogen (secondary N) is 1. The first-order valence-corrected chi connectivity index (χ1v) is 9.39. The van der Waals surface area contributed by atoms with E-state index in [1.54, 1.807) is 6.20 Å². The minimum Gasteiger partial charge on any atom is -0.300 e. The molecule has 1 aliphatic heterocycles. The lowest BCUT2D eigenvalue weighted by atomic mass is 9.94. The molecule has 0 unspecified atom stereocenters. The van der Waals surface area contributed by atoms with E-state index in [1.165, 1.54) is 0 Å². The first-order chi connectivity index (χ1) is 12.7. The molecular weight excluding hydrogens is 346 g/mol. The maximum atomic E-state index is 6.34. The van der Waals surface area contributed by atoms with E-state index in [-0.39, 0.29) is 12.1 Å². The molecular formula is C20H22ClN5. The fourth-order valence-corrected chi connectivity index (χ4v) is 3.79. The van der Waals surface area contributed by atoms with E-state index < -0.39 is 0 Å². The summed E-state index contributed by atoms with van der Waals surface area (Å²) >= 11 is 6.34. The van der Waals surface area contributed by atoms with Crippen molar-refractivity contribution < 1.29 is 0 Å². The number of nitrogens with zero attached hydrogens (tertiary/aromatic N) is 4. The molecule has 0 bridgehead atoms. The third kappa shape index (κ3) is 3.64. The molecule has 5 nitrogen and oxygen atoms in total. The van der Waals surface area contributed by atoms with Crippen LogP contribution in [0.5, 0.6) is 0 Å². The Balaban J connectivity index is 1.53. The van der Waals surface area contributed by atoms with E-state index in [2.05, 4.69) is 40.5 Å². The molecule has 2 atom stereocenters. The average Bonchev–Trinajstić information content (AvgIpc) is 3.07. The van der Waals surface area contributed by atoms with Crippen LogP contribution in [0, 0.1) is 6.92 Å². The molecule has 0 spiro atoms. The molecule has 4 heterocycles. The third-order valence-electron chi connectivity index (χ3n) is 4.93. The number of hydrogen-bond acceptors (Lipinski definition) is 4. The highest BCUT2D eigenvalue weighted by Crippen LogP contribution is 2.33. The molecule has 1 fully saturated rings. The highest BCUT2D eigenvalue weighted by molar-refractivity contribution is 6.31.